The van der Waals surface area contributed by atoms with Crippen molar-refractivity contribution >= 4 is 11.8 Å². The van der Waals surface area contributed by atoms with Crippen molar-refractivity contribution in [1.29, 1.82) is 0 Å². The average molecular weight is 358 g/mol. The zero-order valence-corrected chi connectivity index (χ0v) is 15.3. The van der Waals surface area contributed by atoms with E-state index in [2.05, 4.69) is 20.6 Å². The Kier molecular flexibility index (Phi) is 6.05. The summed E-state index contributed by atoms with van der Waals surface area (Å²) in [5.74, 6) is 1.74. The lowest BCUT2D eigenvalue weighted by Crippen LogP contribution is -2.03. The lowest BCUT2D eigenvalue weighted by atomic mass is 10.2. The number of unbranched alkanes of at least 4 members (excludes halogenated alkanes) is 2. The number of aromatic nitrogens is 6. The van der Waals surface area contributed by atoms with Gasteiger partial charge in [-0.3, -0.25) is 4.68 Å². The Bertz CT molecular complexity index is 786. The second-order valence-corrected chi connectivity index (χ2v) is 6.79. The third-order valence-electron chi connectivity index (χ3n) is 3.83. The van der Waals surface area contributed by atoms with Crippen molar-refractivity contribution in [3.63, 3.8) is 0 Å². The standard InChI is InChI=1S/C17H22N6OS/c1-14-7-8-16(24-2)15(13-14)23-17(19-20-21-23)25-12-5-3-4-10-22-11-6-9-18-22/h6-9,11,13H,3-5,10,12H2,1-2H3. The maximum atomic E-state index is 5.44. The SMILES string of the molecule is COc1ccc(C)cc1-n1nnnc1SCCCCCn1cccn1. The molecule has 7 nitrogen and oxygen atoms in total. The third kappa shape index (κ3) is 4.60. The summed E-state index contributed by atoms with van der Waals surface area (Å²) in [6.45, 7) is 3.01. The van der Waals surface area contributed by atoms with Gasteiger partial charge in [-0.15, -0.1) is 5.10 Å². The predicted octanol–water partition coefficient (Wildman–Crippen LogP) is 3.14. The van der Waals surface area contributed by atoms with Gasteiger partial charge in [0.2, 0.25) is 5.16 Å². The Labute approximate surface area is 151 Å². The number of hydrogen-bond donors (Lipinski definition) is 0. The number of benzene rings is 1. The quantitative estimate of drug-likeness (QED) is 0.432. The number of thioether (sulfide) groups is 1. The van der Waals surface area contributed by atoms with Gasteiger partial charge in [0, 0.05) is 24.7 Å². The van der Waals surface area contributed by atoms with Crippen LogP contribution in [0.5, 0.6) is 5.75 Å². The van der Waals surface area contributed by atoms with Gasteiger partial charge in [-0.25, -0.2) is 0 Å². The van der Waals surface area contributed by atoms with Crippen molar-refractivity contribution < 1.29 is 4.74 Å². The van der Waals surface area contributed by atoms with E-state index in [1.165, 1.54) is 0 Å². The number of methoxy groups -OCH3 is 1. The number of tetrazole rings is 1. The Morgan fingerprint density at radius 1 is 1.20 bits per heavy atom. The molecule has 0 atom stereocenters. The molecular formula is C17H22N6OS. The van der Waals surface area contributed by atoms with Crippen LogP contribution in [0.15, 0.2) is 41.8 Å². The summed E-state index contributed by atoms with van der Waals surface area (Å²) in [5, 5.41) is 17.1. The zero-order chi connectivity index (χ0) is 17.5. The molecule has 0 aliphatic rings. The van der Waals surface area contributed by atoms with Crippen LogP contribution in [-0.4, -0.2) is 42.9 Å². The van der Waals surface area contributed by atoms with Crippen LogP contribution in [0.1, 0.15) is 24.8 Å². The highest BCUT2D eigenvalue weighted by atomic mass is 32.2. The summed E-state index contributed by atoms with van der Waals surface area (Å²) in [6.07, 6.45) is 7.21. The molecule has 3 aromatic rings. The number of hydrogen-bond acceptors (Lipinski definition) is 6. The van der Waals surface area contributed by atoms with Crippen LogP contribution in [0, 0.1) is 6.92 Å². The molecule has 3 rings (SSSR count). The molecule has 0 fully saturated rings. The molecule has 25 heavy (non-hydrogen) atoms. The zero-order valence-electron chi connectivity index (χ0n) is 14.5. The fourth-order valence-electron chi connectivity index (χ4n) is 2.53. The molecule has 0 radical (unpaired) electrons. The van der Waals surface area contributed by atoms with Crippen molar-refractivity contribution in [1.82, 2.24) is 30.0 Å². The van der Waals surface area contributed by atoms with Gasteiger partial charge in [0.05, 0.1) is 7.11 Å². The third-order valence-corrected chi connectivity index (χ3v) is 4.83. The molecule has 2 heterocycles. The first kappa shape index (κ1) is 17.5. The van der Waals surface area contributed by atoms with Crippen LogP contribution < -0.4 is 4.74 Å². The second kappa shape index (κ2) is 8.66. The lowest BCUT2D eigenvalue weighted by molar-refractivity contribution is 0.410. The van der Waals surface area contributed by atoms with Gasteiger partial charge in [0.15, 0.2) is 0 Å². The van der Waals surface area contributed by atoms with E-state index in [-0.39, 0.29) is 0 Å². The maximum absolute atomic E-state index is 5.44. The van der Waals surface area contributed by atoms with E-state index in [1.807, 2.05) is 48.3 Å². The topological polar surface area (TPSA) is 70.7 Å². The molecule has 0 aliphatic carbocycles. The van der Waals surface area contributed by atoms with Crippen LogP contribution in [-0.2, 0) is 6.54 Å². The number of ether oxygens (including phenoxy) is 1. The number of aryl methyl sites for hydroxylation is 2. The first-order chi connectivity index (χ1) is 12.3. The minimum Gasteiger partial charge on any atom is -0.494 e. The minimum absolute atomic E-state index is 0.763. The summed E-state index contributed by atoms with van der Waals surface area (Å²) in [7, 11) is 1.66. The van der Waals surface area contributed by atoms with Crippen LogP contribution in [0.4, 0.5) is 0 Å². The van der Waals surface area contributed by atoms with Gasteiger partial charge in [0.1, 0.15) is 11.4 Å². The summed E-state index contributed by atoms with van der Waals surface area (Å²) in [6, 6.07) is 7.94. The highest BCUT2D eigenvalue weighted by molar-refractivity contribution is 7.99. The van der Waals surface area contributed by atoms with Crippen LogP contribution in [0.25, 0.3) is 5.69 Å². The molecule has 0 saturated carbocycles. The molecule has 0 N–H and O–H groups in total. The van der Waals surface area contributed by atoms with E-state index in [0.29, 0.717) is 0 Å². The summed E-state index contributed by atoms with van der Waals surface area (Å²) < 4.78 is 9.16. The van der Waals surface area contributed by atoms with E-state index in [4.69, 9.17) is 4.74 Å². The summed E-state index contributed by atoms with van der Waals surface area (Å²) >= 11 is 1.67. The van der Waals surface area contributed by atoms with E-state index in [1.54, 1.807) is 23.6 Å². The minimum atomic E-state index is 0.763. The fourth-order valence-corrected chi connectivity index (χ4v) is 3.42. The van der Waals surface area contributed by atoms with Crippen molar-refractivity contribution in [3.8, 4) is 11.4 Å². The highest BCUT2D eigenvalue weighted by Crippen LogP contribution is 2.27. The smallest absolute Gasteiger partial charge is 0.214 e. The van der Waals surface area contributed by atoms with Crippen molar-refractivity contribution in [2.45, 2.75) is 37.9 Å². The largest absolute Gasteiger partial charge is 0.494 e. The molecule has 2 aromatic heterocycles. The second-order valence-electron chi connectivity index (χ2n) is 5.73. The Balaban J connectivity index is 1.53. The lowest BCUT2D eigenvalue weighted by Gasteiger charge is -2.10. The molecule has 0 bridgehead atoms. The van der Waals surface area contributed by atoms with Gasteiger partial charge in [0.25, 0.3) is 0 Å². The number of nitrogens with zero attached hydrogens (tertiary/aromatic N) is 6. The molecule has 132 valence electrons. The molecule has 0 amide bonds. The molecule has 1 aromatic carbocycles. The average Bonchev–Trinajstić information content (AvgIpc) is 3.29. The molecule has 8 heteroatoms. The van der Waals surface area contributed by atoms with Gasteiger partial charge >= 0.3 is 0 Å². The molecule has 0 spiro atoms. The van der Waals surface area contributed by atoms with Crippen LogP contribution in [0.2, 0.25) is 0 Å². The first-order valence-electron chi connectivity index (χ1n) is 8.31. The fraction of sp³-hybridized carbons (Fsp3) is 0.412. The Morgan fingerprint density at radius 2 is 2.12 bits per heavy atom. The normalized spacial score (nSPS) is 11.0. The van der Waals surface area contributed by atoms with Crippen molar-refractivity contribution in [3.05, 3.63) is 42.2 Å². The van der Waals surface area contributed by atoms with Gasteiger partial charge < -0.3 is 4.74 Å². The monoisotopic (exact) mass is 358 g/mol. The Morgan fingerprint density at radius 3 is 2.92 bits per heavy atom. The molecular weight excluding hydrogens is 336 g/mol. The molecule has 0 saturated heterocycles. The van der Waals surface area contributed by atoms with E-state index in [0.717, 1.165) is 53.7 Å². The maximum Gasteiger partial charge on any atom is 0.214 e. The predicted molar refractivity (Wildman–Crippen MR) is 97.2 cm³/mol. The number of rotatable bonds is 9. The van der Waals surface area contributed by atoms with Crippen LogP contribution >= 0.6 is 11.8 Å². The summed E-state index contributed by atoms with van der Waals surface area (Å²) in [5.41, 5.74) is 2.01. The van der Waals surface area contributed by atoms with Crippen molar-refractivity contribution in [2.24, 2.45) is 0 Å². The molecule has 0 aliphatic heterocycles. The first-order valence-corrected chi connectivity index (χ1v) is 9.30. The van der Waals surface area contributed by atoms with Gasteiger partial charge in [-0.05, 0) is 54.0 Å². The van der Waals surface area contributed by atoms with Crippen LogP contribution in [0.3, 0.4) is 0 Å². The van der Waals surface area contributed by atoms with Gasteiger partial charge in [-0.2, -0.15) is 9.78 Å². The highest BCUT2D eigenvalue weighted by Gasteiger charge is 2.13. The van der Waals surface area contributed by atoms with Gasteiger partial charge in [-0.1, -0.05) is 24.2 Å². The van der Waals surface area contributed by atoms with E-state index >= 15 is 0 Å². The Hall–Kier alpha value is -2.35. The van der Waals surface area contributed by atoms with Crippen molar-refractivity contribution in [2.75, 3.05) is 12.9 Å². The summed E-state index contributed by atoms with van der Waals surface area (Å²) in [4.78, 5) is 0. The van der Waals surface area contributed by atoms with E-state index in [9.17, 15) is 0 Å². The molecule has 0 unspecified atom stereocenters. The van der Waals surface area contributed by atoms with E-state index < -0.39 is 0 Å².